The number of Topliss-reactive ketones (excluding diaryl/α,β-unsaturated/α-hetero) is 1. The summed E-state index contributed by atoms with van der Waals surface area (Å²) in [5.41, 5.74) is 10.2. The average molecular weight is 387 g/mol. The number of rotatable bonds is 8. The maximum Gasteiger partial charge on any atom is 0.309 e. The lowest BCUT2D eigenvalue weighted by Gasteiger charge is -2.14. The molecule has 0 fully saturated rings. The summed E-state index contributed by atoms with van der Waals surface area (Å²) >= 11 is 0. The number of ether oxygens (including phenoxy) is 1. The van der Waals surface area contributed by atoms with Crippen molar-refractivity contribution in [3.63, 3.8) is 0 Å². The zero-order valence-electron chi connectivity index (χ0n) is 16.5. The van der Waals surface area contributed by atoms with Crippen LogP contribution in [0.4, 0.5) is 5.69 Å². The molecule has 0 bridgehead atoms. The fourth-order valence-electron chi connectivity index (χ4n) is 3.32. The molecule has 0 aliphatic rings. The Hall–Kier alpha value is -3.40. The molecule has 4 nitrogen and oxygen atoms in total. The summed E-state index contributed by atoms with van der Waals surface area (Å²) in [4.78, 5) is 24.9. The number of anilines is 1. The van der Waals surface area contributed by atoms with Crippen molar-refractivity contribution in [1.29, 1.82) is 0 Å². The van der Waals surface area contributed by atoms with Crippen LogP contribution in [0.25, 0.3) is 11.1 Å². The lowest BCUT2D eigenvalue weighted by atomic mass is 9.92. The summed E-state index contributed by atoms with van der Waals surface area (Å²) in [6.45, 7) is 0. The molecule has 0 radical (unpaired) electrons. The number of methoxy groups -OCH3 is 1. The number of hydrogen-bond acceptors (Lipinski definition) is 4. The normalized spacial score (nSPS) is 11.6. The van der Waals surface area contributed by atoms with Crippen molar-refractivity contribution in [2.45, 2.75) is 19.3 Å². The highest BCUT2D eigenvalue weighted by Gasteiger charge is 2.23. The number of carbonyl (C=O) groups excluding carboxylic acids is 2. The van der Waals surface area contributed by atoms with Crippen LogP contribution in [0.2, 0.25) is 0 Å². The van der Waals surface area contributed by atoms with Gasteiger partial charge in [0.05, 0.1) is 13.0 Å². The molecule has 0 saturated carbocycles. The van der Waals surface area contributed by atoms with Crippen molar-refractivity contribution in [2.24, 2.45) is 5.92 Å². The number of ketones is 1. The van der Waals surface area contributed by atoms with Crippen LogP contribution < -0.4 is 5.73 Å². The fourth-order valence-corrected chi connectivity index (χ4v) is 3.32. The molecule has 0 aromatic heterocycles. The summed E-state index contributed by atoms with van der Waals surface area (Å²) in [5.74, 6) is -0.852. The molecule has 1 atom stereocenters. The highest BCUT2D eigenvalue weighted by molar-refractivity contribution is 5.98. The number of nitrogen functional groups attached to an aromatic ring is 1. The first-order chi connectivity index (χ1) is 14.1. The monoisotopic (exact) mass is 387 g/mol. The second kappa shape index (κ2) is 9.69. The first-order valence-corrected chi connectivity index (χ1v) is 9.67. The molecule has 0 saturated heterocycles. The zero-order chi connectivity index (χ0) is 20.6. The van der Waals surface area contributed by atoms with E-state index in [2.05, 4.69) is 0 Å². The van der Waals surface area contributed by atoms with Crippen LogP contribution in [0, 0.1) is 5.92 Å². The zero-order valence-corrected chi connectivity index (χ0v) is 16.5. The Balaban J connectivity index is 1.66. The Labute approximate surface area is 171 Å². The van der Waals surface area contributed by atoms with E-state index in [0.717, 1.165) is 23.1 Å². The van der Waals surface area contributed by atoms with E-state index in [9.17, 15) is 9.59 Å². The predicted molar refractivity (Wildman–Crippen MR) is 116 cm³/mol. The first-order valence-electron chi connectivity index (χ1n) is 9.67. The van der Waals surface area contributed by atoms with Gasteiger partial charge in [-0.25, -0.2) is 0 Å². The van der Waals surface area contributed by atoms with E-state index in [-0.39, 0.29) is 18.2 Å². The Morgan fingerprint density at radius 2 is 1.45 bits per heavy atom. The van der Waals surface area contributed by atoms with Crippen LogP contribution >= 0.6 is 0 Å². The van der Waals surface area contributed by atoms with Gasteiger partial charge in [0.2, 0.25) is 0 Å². The van der Waals surface area contributed by atoms with E-state index >= 15 is 0 Å². The van der Waals surface area contributed by atoms with Crippen LogP contribution in [-0.4, -0.2) is 18.9 Å². The van der Waals surface area contributed by atoms with Crippen molar-refractivity contribution in [2.75, 3.05) is 12.8 Å². The van der Waals surface area contributed by atoms with Crippen molar-refractivity contribution >= 4 is 17.4 Å². The Kier molecular flexibility index (Phi) is 6.80. The van der Waals surface area contributed by atoms with E-state index in [1.807, 2.05) is 66.7 Å². The third-order valence-electron chi connectivity index (χ3n) is 5.04. The lowest BCUT2D eigenvalue weighted by Crippen LogP contribution is -2.20. The largest absolute Gasteiger partial charge is 0.469 e. The smallest absolute Gasteiger partial charge is 0.309 e. The van der Waals surface area contributed by atoms with E-state index in [1.165, 1.54) is 7.11 Å². The highest BCUT2D eigenvalue weighted by Crippen LogP contribution is 2.23. The number of nitrogens with two attached hydrogens (primary N) is 1. The van der Waals surface area contributed by atoms with Gasteiger partial charge in [-0.15, -0.1) is 0 Å². The second-order valence-electron chi connectivity index (χ2n) is 7.07. The molecule has 0 amide bonds. The van der Waals surface area contributed by atoms with Gasteiger partial charge in [-0.2, -0.15) is 0 Å². The SMILES string of the molecule is COC(=O)[C@H](CCc1ccccc1)CC(=O)c1ccc(-c2ccc(N)cc2)cc1. The lowest BCUT2D eigenvalue weighted by molar-refractivity contribution is -0.145. The maximum absolute atomic E-state index is 12.8. The third-order valence-corrected chi connectivity index (χ3v) is 5.04. The van der Waals surface area contributed by atoms with Gasteiger partial charge in [0.1, 0.15) is 0 Å². The predicted octanol–water partition coefficient (Wildman–Crippen LogP) is 4.93. The van der Waals surface area contributed by atoms with Gasteiger partial charge in [0.15, 0.2) is 5.78 Å². The minimum Gasteiger partial charge on any atom is -0.469 e. The van der Waals surface area contributed by atoms with Gasteiger partial charge in [-0.3, -0.25) is 9.59 Å². The molecule has 4 heteroatoms. The van der Waals surface area contributed by atoms with Gasteiger partial charge in [0.25, 0.3) is 0 Å². The van der Waals surface area contributed by atoms with Gasteiger partial charge in [-0.1, -0.05) is 66.7 Å². The molecule has 3 aromatic carbocycles. The number of benzene rings is 3. The van der Waals surface area contributed by atoms with Crippen molar-refractivity contribution in [1.82, 2.24) is 0 Å². The van der Waals surface area contributed by atoms with Gasteiger partial charge < -0.3 is 10.5 Å². The highest BCUT2D eigenvalue weighted by atomic mass is 16.5. The molecule has 0 aliphatic carbocycles. The molecule has 2 N–H and O–H groups in total. The second-order valence-corrected chi connectivity index (χ2v) is 7.07. The average Bonchev–Trinajstić information content (AvgIpc) is 2.77. The summed E-state index contributed by atoms with van der Waals surface area (Å²) in [7, 11) is 1.36. The summed E-state index contributed by atoms with van der Waals surface area (Å²) < 4.78 is 4.92. The molecule has 148 valence electrons. The molecular weight excluding hydrogens is 362 g/mol. The van der Waals surface area contributed by atoms with Gasteiger partial charge >= 0.3 is 5.97 Å². The third kappa shape index (κ3) is 5.55. The van der Waals surface area contributed by atoms with Crippen molar-refractivity contribution in [3.05, 3.63) is 90.0 Å². The van der Waals surface area contributed by atoms with Gasteiger partial charge in [0, 0.05) is 17.7 Å². The topological polar surface area (TPSA) is 69.4 Å². The molecule has 3 aromatic rings. The van der Waals surface area contributed by atoms with E-state index < -0.39 is 5.92 Å². The minimum absolute atomic E-state index is 0.0580. The summed E-state index contributed by atoms with van der Waals surface area (Å²) in [6.07, 6.45) is 1.44. The van der Waals surface area contributed by atoms with Crippen molar-refractivity contribution in [3.8, 4) is 11.1 Å². The summed E-state index contributed by atoms with van der Waals surface area (Å²) in [5, 5.41) is 0. The number of aryl methyl sites for hydroxylation is 1. The van der Waals surface area contributed by atoms with Gasteiger partial charge in [-0.05, 0) is 41.7 Å². The molecule has 0 aliphatic heterocycles. The quantitative estimate of drug-likeness (QED) is 0.338. The van der Waals surface area contributed by atoms with E-state index in [4.69, 9.17) is 10.5 Å². The van der Waals surface area contributed by atoms with E-state index in [1.54, 1.807) is 12.1 Å². The molecule has 29 heavy (non-hydrogen) atoms. The van der Waals surface area contributed by atoms with Crippen LogP contribution in [0.1, 0.15) is 28.8 Å². The molecule has 0 spiro atoms. The summed E-state index contributed by atoms with van der Waals surface area (Å²) in [6, 6.07) is 25.0. The number of carbonyl (C=O) groups is 2. The Morgan fingerprint density at radius 1 is 0.862 bits per heavy atom. The van der Waals surface area contributed by atoms with Crippen LogP contribution in [-0.2, 0) is 16.0 Å². The fraction of sp³-hybridized carbons (Fsp3) is 0.200. The number of esters is 1. The molecule has 0 unspecified atom stereocenters. The van der Waals surface area contributed by atoms with Crippen LogP contribution in [0.3, 0.4) is 0 Å². The minimum atomic E-state index is -0.454. The first kappa shape index (κ1) is 20.3. The Morgan fingerprint density at radius 3 is 2.03 bits per heavy atom. The molecular formula is C25H25NO3. The van der Waals surface area contributed by atoms with Crippen LogP contribution in [0.15, 0.2) is 78.9 Å². The molecule has 0 heterocycles. The Bertz CT molecular complexity index is 948. The van der Waals surface area contributed by atoms with Crippen molar-refractivity contribution < 1.29 is 14.3 Å². The molecule has 3 rings (SSSR count). The number of hydrogen-bond donors (Lipinski definition) is 1. The van der Waals surface area contributed by atoms with Crippen LogP contribution in [0.5, 0.6) is 0 Å². The maximum atomic E-state index is 12.8. The standard InChI is InChI=1S/C25H25NO3/c1-29-25(28)22(8-7-18-5-3-2-4-6-18)17-24(27)21-11-9-19(10-12-21)20-13-15-23(26)16-14-20/h2-6,9-16,22H,7-8,17,26H2,1H3/t22-/m1/s1. The van der Waals surface area contributed by atoms with E-state index in [0.29, 0.717) is 17.7 Å².